The van der Waals surface area contributed by atoms with Crippen LogP contribution in [-0.2, 0) is 9.31 Å². The van der Waals surface area contributed by atoms with Gasteiger partial charge in [0.1, 0.15) is 5.56 Å². The van der Waals surface area contributed by atoms with Gasteiger partial charge in [-0.3, -0.25) is 10.1 Å². The summed E-state index contributed by atoms with van der Waals surface area (Å²) >= 11 is 0. The summed E-state index contributed by atoms with van der Waals surface area (Å²) in [6.45, 7) is 7.47. The third-order valence-corrected chi connectivity index (χ3v) is 3.97. The lowest BCUT2D eigenvalue weighted by Crippen LogP contribution is -2.41. The highest BCUT2D eigenvalue weighted by Crippen LogP contribution is 2.36. The molecule has 1 aliphatic rings. The molecule has 1 N–H and O–H groups in total. The second-order valence-corrected chi connectivity index (χ2v) is 5.93. The predicted molar refractivity (Wildman–Crippen MR) is 75.8 cm³/mol. The molecule has 21 heavy (non-hydrogen) atoms. The quantitative estimate of drug-likeness (QED) is 0.516. The van der Waals surface area contributed by atoms with Crippen LogP contribution in [0.3, 0.4) is 0 Å². The molecule has 2 rings (SSSR count). The first-order valence-electron chi connectivity index (χ1n) is 6.42. The second kappa shape index (κ2) is 4.82. The summed E-state index contributed by atoms with van der Waals surface area (Å²) in [6.07, 6.45) is 0. The number of carbonyl (C=O) groups is 1. The molecular formula is C13H16BNO6. The summed E-state index contributed by atoms with van der Waals surface area (Å²) in [7, 11) is -0.767. The van der Waals surface area contributed by atoms with Gasteiger partial charge in [-0.1, -0.05) is 6.07 Å². The monoisotopic (exact) mass is 293 g/mol. The summed E-state index contributed by atoms with van der Waals surface area (Å²) in [5, 5.41) is 20.0. The fourth-order valence-electron chi connectivity index (χ4n) is 2.01. The first kappa shape index (κ1) is 15.5. The number of rotatable bonds is 3. The van der Waals surface area contributed by atoms with E-state index in [-0.39, 0.29) is 5.56 Å². The molecule has 7 nitrogen and oxygen atoms in total. The van der Waals surface area contributed by atoms with Crippen molar-refractivity contribution in [3.05, 3.63) is 33.9 Å². The van der Waals surface area contributed by atoms with Crippen molar-refractivity contribution >= 4 is 24.2 Å². The maximum absolute atomic E-state index is 11.0. The van der Waals surface area contributed by atoms with Crippen molar-refractivity contribution in [2.24, 2.45) is 0 Å². The van der Waals surface area contributed by atoms with Crippen molar-refractivity contribution < 1.29 is 24.1 Å². The highest BCUT2D eigenvalue weighted by atomic mass is 16.7. The Hall–Kier alpha value is -1.93. The van der Waals surface area contributed by atoms with Gasteiger partial charge < -0.3 is 14.4 Å². The van der Waals surface area contributed by atoms with E-state index in [0.717, 1.165) is 0 Å². The number of hydrogen-bond acceptors (Lipinski definition) is 5. The highest BCUT2D eigenvalue weighted by Gasteiger charge is 2.52. The van der Waals surface area contributed by atoms with E-state index in [1.54, 1.807) is 0 Å². The van der Waals surface area contributed by atoms with E-state index < -0.39 is 34.9 Å². The van der Waals surface area contributed by atoms with Gasteiger partial charge in [-0.05, 0) is 39.2 Å². The fourth-order valence-corrected chi connectivity index (χ4v) is 2.01. The molecule has 1 aromatic carbocycles. The summed E-state index contributed by atoms with van der Waals surface area (Å²) in [5.74, 6) is -1.35. The first-order valence-corrected chi connectivity index (χ1v) is 6.42. The van der Waals surface area contributed by atoms with Crippen LogP contribution in [0.5, 0.6) is 0 Å². The van der Waals surface area contributed by atoms with Crippen LogP contribution in [0.15, 0.2) is 18.2 Å². The Balaban J connectivity index is 2.41. The Morgan fingerprint density at radius 2 is 1.76 bits per heavy atom. The molecule has 0 saturated carbocycles. The van der Waals surface area contributed by atoms with Crippen molar-refractivity contribution in [1.29, 1.82) is 0 Å². The van der Waals surface area contributed by atoms with Crippen LogP contribution in [0.2, 0.25) is 0 Å². The molecule has 1 aromatic rings. The number of benzene rings is 1. The molecule has 0 amide bonds. The van der Waals surface area contributed by atoms with Crippen molar-refractivity contribution in [2.75, 3.05) is 0 Å². The maximum Gasteiger partial charge on any atom is 0.495 e. The molecule has 0 aromatic heterocycles. The summed E-state index contributed by atoms with van der Waals surface area (Å²) in [5.41, 5.74) is -1.56. The maximum atomic E-state index is 11.0. The number of nitro benzene ring substituents is 1. The van der Waals surface area contributed by atoms with E-state index in [2.05, 4.69) is 0 Å². The normalized spacial score (nSPS) is 19.5. The Morgan fingerprint density at radius 1 is 1.24 bits per heavy atom. The molecule has 0 aliphatic carbocycles. The molecule has 1 heterocycles. The average Bonchev–Trinajstić information content (AvgIpc) is 2.57. The molecule has 0 atom stereocenters. The minimum absolute atomic E-state index is 0.361. The lowest BCUT2D eigenvalue weighted by Gasteiger charge is -2.32. The molecule has 0 spiro atoms. The number of aromatic carboxylic acids is 1. The molecule has 8 heteroatoms. The van der Waals surface area contributed by atoms with Crippen LogP contribution >= 0.6 is 0 Å². The van der Waals surface area contributed by atoms with Crippen molar-refractivity contribution in [1.82, 2.24) is 0 Å². The van der Waals surface area contributed by atoms with Gasteiger partial charge in [-0.2, -0.15) is 0 Å². The zero-order valence-electron chi connectivity index (χ0n) is 12.2. The number of hydrogen-bond donors (Lipinski definition) is 1. The van der Waals surface area contributed by atoms with Crippen LogP contribution in [0.25, 0.3) is 0 Å². The Kier molecular flexibility index (Phi) is 3.55. The van der Waals surface area contributed by atoms with E-state index in [1.165, 1.54) is 18.2 Å². The second-order valence-electron chi connectivity index (χ2n) is 5.93. The number of nitrogens with zero attached hydrogens (tertiary/aromatic N) is 1. The number of nitro groups is 1. The van der Waals surface area contributed by atoms with Crippen LogP contribution in [0.1, 0.15) is 38.1 Å². The Bertz CT molecular complexity index is 597. The molecule has 0 radical (unpaired) electrons. The zero-order valence-corrected chi connectivity index (χ0v) is 12.2. The van der Waals surface area contributed by atoms with Crippen molar-refractivity contribution in [2.45, 2.75) is 38.9 Å². The SMILES string of the molecule is CC1(C)OB(c2ccc(C(=O)O)c([N+](=O)[O-])c2)OC1(C)C. The lowest BCUT2D eigenvalue weighted by atomic mass is 9.78. The number of carboxylic acids is 1. The molecule has 112 valence electrons. The Morgan fingerprint density at radius 3 is 2.19 bits per heavy atom. The first-order chi connectivity index (χ1) is 9.55. The topological polar surface area (TPSA) is 98.9 Å². The fraction of sp³-hybridized carbons (Fsp3) is 0.462. The minimum Gasteiger partial charge on any atom is -0.477 e. The minimum atomic E-state index is -1.35. The summed E-state index contributed by atoms with van der Waals surface area (Å²) in [6, 6.07) is 3.85. The van der Waals surface area contributed by atoms with Crippen LogP contribution in [0, 0.1) is 10.1 Å². The third-order valence-electron chi connectivity index (χ3n) is 3.97. The van der Waals surface area contributed by atoms with Crippen LogP contribution < -0.4 is 5.46 Å². The van der Waals surface area contributed by atoms with E-state index >= 15 is 0 Å². The molecule has 0 bridgehead atoms. The van der Waals surface area contributed by atoms with Gasteiger partial charge in [-0.25, -0.2) is 4.79 Å². The summed E-state index contributed by atoms with van der Waals surface area (Å²) in [4.78, 5) is 21.3. The van der Waals surface area contributed by atoms with Crippen LogP contribution in [-0.4, -0.2) is 34.3 Å². The van der Waals surface area contributed by atoms with Crippen molar-refractivity contribution in [3.8, 4) is 0 Å². The molecule has 1 fully saturated rings. The molecule has 1 aliphatic heterocycles. The van der Waals surface area contributed by atoms with E-state index in [4.69, 9.17) is 14.4 Å². The predicted octanol–water partition coefficient (Wildman–Crippen LogP) is 1.59. The van der Waals surface area contributed by atoms with Gasteiger partial charge in [-0.15, -0.1) is 0 Å². The van der Waals surface area contributed by atoms with Gasteiger partial charge in [0.25, 0.3) is 5.69 Å². The van der Waals surface area contributed by atoms with E-state index in [0.29, 0.717) is 5.46 Å². The van der Waals surface area contributed by atoms with Gasteiger partial charge in [0.2, 0.25) is 0 Å². The lowest BCUT2D eigenvalue weighted by molar-refractivity contribution is -0.385. The molecular weight excluding hydrogens is 277 g/mol. The van der Waals surface area contributed by atoms with Gasteiger partial charge in [0.05, 0.1) is 16.1 Å². The van der Waals surface area contributed by atoms with E-state index in [9.17, 15) is 14.9 Å². The zero-order chi connectivity index (χ0) is 16.0. The highest BCUT2D eigenvalue weighted by molar-refractivity contribution is 6.62. The van der Waals surface area contributed by atoms with Gasteiger partial charge >= 0.3 is 13.1 Å². The van der Waals surface area contributed by atoms with Gasteiger partial charge in [0.15, 0.2) is 0 Å². The van der Waals surface area contributed by atoms with Crippen molar-refractivity contribution in [3.63, 3.8) is 0 Å². The average molecular weight is 293 g/mol. The summed E-state index contributed by atoms with van der Waals surface area (Å²) < 4.78 is 11.6. The largest absolute Gasteiger partial charge is 0.495 e. The third kappa shape index (κ3) is 2.64. The van der Waals surface area contributed by atoms with Gasteiger partial charge in [0, 0.05) is 6.07 Å². The molecule has 0 unspecified atom stereocenters. The standard InChI is InChI=1S/C13H16BNO6/c1-12(2)13(3,4)21-14(20-12)8-5-6-9(11(16)17)10(7-8)15(18)19/h5-7H,1-4H3,(H,16,17). The smallest absolute Gasteiger partial charge is 0.477 e. The molecule has 1 saturated heterocycles. The number of carboxylic acid groups (broad SMARTS) is 1. The van der Waals surface area contributed by atoms with Crippen LogP contribution in [0.4, 0.5) is 5.69 Å². The Labute approximate surface area is 122 Å². The van der Waals surface area contributed by atoms with E-state index in [1.807, 2.05) is 27.7 Å².